The van der Waals surface area contributed by atoms with Gasteiger partial charge >= 0.3 is 0 Å². The normalized spacial score (nSPS) is 11.2. The van der Waals surface area contributed by atoms with Crippen LogP contribution in [0.15, 0.2) is 60.9 Å². The van der Waals surface area contributed by atoms with Crippen LogP contribution in [0.2, 0.25) is 0 Å². The van der Waals surface area contributed by atoms with Crippen LogP contribution in [0.3, 0.4) is 0 Å². The number of rotatable bonds is 4. The summed E-state index contributed by atoms with van der Waals surface area (Å²) in [5.41, 5.74) is 4.40. The third kappa shape index (κ3) is 2.62. The topological polar surface area (TPSA) is 39.8 Å². The molecule has 0 saturated heterocycles. The molecule has 4 nitrogen and oxygen atoms in total. The first-order valence-corrected chi connectivity index (χ1v) is 8.43. The maximum atomic E-state index is 14.2. The SMILES string of the molecule is Cc1cc(C(=O)Cn2cnc3ccccc32)c(C)n1-c1ccccc1F. The molecule has 2 heterocycles. The molecule has 26 heavy (non-hydrogen) atoms. The van der Waals surface area contributed by atoms with Gasteiger partial charge in [-0.2, -0.15) is 0 Å². The highest BCUT2D eigenvalue weighted by molar-refractivity contribution is 5.98. The lowest BCUT2D eigenvalue weighted by Gasteiger charge is -2.11. The van der Waals surface area contributed by atoms with Gasteiger partial charge in [0.2, 0.25) is 0 Å². The highest BCUT2D eigenvalue weighted by Gasteiger charge is 2.19. The van der Waals surface area contributed by atoms with E-state index in [4.69, 9.17) is 0 Å². The molecule has 0 saturated carbocycles. The van der Waals surface area contributed by atoms with Crippen molar-refractivity contribution in [3.8, 4) is 5.69 Å². The van der Waals surface area contributed by atoms with Gasteiger partial charge in [0.05, 0.1) is 29.6 Å². The van der Waals surface area contributed by atoms with E-state index in [1.54, 1.807) is 29.1 Å². The zero-order valence-electron chi connectivity index (χ0n) is 14.6. The van der Waals surface area contributed by atoms with Crippen molar-refractivity contribution < 1.29 is 9.18 Å². The van der Waals surface area contributed by atoms with Crippen LogP contribution >= 0.6 is 0 Å². The third-order valence-corrected chi connectivity index (χ3v) is 4.67. The fourth-order valence-corrected chi connectivity index (χ4v) is 3.43. The summed E-state index contributed by atoms with van der Waals surface area (Å²) in [4.78, 5) is 17.2. The fourth-order valence-electron chi connectivity index (χ4n) is 3.43. The molecule has 2 aromatic heterocycles. The molecule has 0 unspecified atom stereocenters. The summed E-state index contributed by atoms with van der Waals surface area (Å²) in [5, 5.41) is 0. The first kappa shape index (κ1) is 16.3. The minimum atomic E-state index is -0.311. The van der Waals surface area contributed by atoms with Gasteiger partial charge in [-0.1, -0.05) is 24.3 Å². The molecule has 130 valence electrons. The van der Waals surface area contributed by atoms with Gasteiger partial charge in [-0.15, -0.1) is 0 Å². The van der Waals surface area contributed by atoms with Crippen molar-refractivity contribution in [3.63, 3.8) is 0 Å². The summed E-state index contributed by atoms with van der Waals surface area (Å²) in [5.74, 6) is -0.335. The van der Waals surface area contributed by atoms with E-state index in [2.05, 4.69) is 4.98 Å². The Kier molecular flexibility index (Phi) is 3.92. The second-order valence-electron chi connectivity index (χ2n) is 6.36. The van der Waals surface area contributed by atoms with Crippen molar-refractivity contribution in [3.05, 3.63) is 83.7 Å². The van der Waals surface area contributed by atoms with Gasteiger partial charge < -0.3 is 9.13 Å². The molecule has 4 rings (SSSR count). The molecule has 0 amide bonds. The molecule has 0 bridgehead atoms. The summed E-state index contributed by atoms with van der Waals surface area (Å²) < 4.78 is 17.8. The van der Waals surface area contributed by atoms with E-state index in [0.29, 0.717) is 11.3 Å². The Balaban J connectivity index is 1.71. The van der Waals surface area contributed by atoms with Crippen molar-refractivity contribution in [1.29, 1.82) is 0 Å². The fraction of sp³-hybridized carbons (Fsp3) is 0.143. The van der Waals surface area contributed by atoms with E-state index < -0.39 is 0 Å². The Morgan fingerprint density at radius 2 is 1.81 bits per heavy atom. The lowest BCUT2D eigenvalue weighted by atomic mass is 10.1. The van der Waals surface area contributed by atoms with Crippen LogP contribution in [-0.4, -0.2) is 19.9 Å². The van der Waals surface area contributed by atoms with Crippen LogP contribution in [0.4, 0.5) is 4.39 Å². The number of ketones is 1. The number of fused-ring (bicyclic) bond motifs is 1. The first-order valence-electron chi connectivity index (χ1n) is 8.43. The average Bonchev–Trinajstić information content (AvgIpc) is 3.17. The van der Waals surface area contributed by atoms with Gasteiger partial charge in [0, 0.05) is 17.0 Å². The standard InChI is InChI=1S/C21H18FN3O/c1-14-11-16(15(2)25(14)19-9-5-3-7-17(19)22)21(26)12-24-13-23-18-8-4-6-10-20(18)24/h3-11,13H,12H2,1-2H3. The molecule has 0 spiro atoms. The predicted molar refractivity (Wildman–Crippen MR) is 99.3 cm³/mol. The van der Waals surface area contributed by atoms with Crippen molar-refractivity contribution in [1.82, 2.24) is 14.1 Å². The van der Waals surface area contributed by atoms with E-state index in [9.17, 15) is 9.18 Å². The number of benzene rings is 2. The minimum Gasteiger partial charge on any atom is -0.323 e. The largest absolute Gasteiger partial charge is 0.323 e. The maximum Gasteiger partial charge on any atom is 0.184 e. The number of carbonyl (C=O) groups excluding carboxylic acids is 1. The van der Waals surface area contributed by atoms with Gasteiger partial charge in [0.25, 0.3) is 0 Å². The Hall–Kier alpha value is -3.21. The molecule has 5 heteroatoms. The van der Waals surface area contributed by atoms with Gasteiger partial charge in [0.15, 0.2) is 5.78 Å². The Bertz CT molecular complexity index is 1120. The molecular weight excluding hydrogens is 329 g/mol. The number of hydrogen-bond acceptors (Lipinski definition) is 2. The quantitative estimate of drug-likeness (QED) is 0.511. The lowest BCUT2D eigenvalue weighted by molar-refractivity contribution is 0.0973. The molecule has 4 aromatic rings. The van der Waals surface area contributed by atoms with Crippen LogP contribution in [-0.2, 0) is 6.54 Å². The van der Waals surface area contributed by atoms with E-state index in [1.165, 1.54) is 6.07 Å². The third-order valence-electron chi connectivity index (χ3n) is 4.67. The van der Waals surface area contributed by atoms with Crippen LogP contribution < -0.4 is 0 Å². The number of imidazole rings is 1. The first-order chi connectivity index (χ1) is 12.6. The van der Waals surface area contributed by atoms with Crippen molar-refractivity contribution in [2.75, 3.05) is 0 Å². The molecule has 0 aliphatic heterocycles. The molecule has 0 N–H and O–H groups in total. The number of aryl methyl sites for hydroxylation is 1. The van der Waals surface area contributed by atoms with Gasteiger partial charge in [-0.25, -0.2) is 9.37 Å². The summed E-state index contributed by atoms with van der Waals surface area (Å²) in [7, 11) is 0. The summed E-state index contributed by atoms with van der Waals surface area (Å²) >= 11 is 0. The van der Waals surface area contributed by atoms with E-state index in [0.717, 1.165) is 22.4 Å². The van der Waals surface area contributed by atoms with Crippen LogP contribution in [0.25, 0.3) is 16.7 Å². The van der Waals surface area contributed by atoms with Crippen LogP contribution in [0.1, 0.15) is 21.7 Å². The number of halogens is 1. The molecular formula is C21H18FN3O. The predicted octanol–water partition coefficient (Wildman–Crippen LogP) is 4.47. The summed E-state index contributed by atoms with van der Waals surface area (Å²) in [6.07, 6.45) is 1.68. The monoisotopic (exact) mass is 347 g/mol. The summed E-state index contributed by atoms with van der Waals surface area (Å²) in [6, 6.07) is 16.1. The van der Waals surface area contributed by atoms with Crippen molar-refractivity contribution in [2.24, 2.45) is 0 Å². The molecule has 0 atom stereocenters. The smallest absolute Gasteiger partial charge is 0.184 e. The zero-order chi connectivity index (χ0) is 18.3. The number of para-hydroxylation sites is 3. The Morgan fingerprint density at radius 1 is 1.08 bits per heavy atom. The zero-order valence-corrected chi connectivity index (χ0v) is 14.6. The van der Waals surface area contributed by atoms with Gasteiger partial charge in [-0.3, -0.25) is 4.79 Å². The van der Waals surface area contributed by atoms with Crippen molar-refractivity contribution in [2.45, 2.75) is 20.4 Å². The molecule has 2 aromatic carbocycles. The number of aromatic nitrogens is 3. The average molecular weight is 347 g/mol. The Labute approximate surface area is 150 Å². The number of carbonyl (C=O) groups is 1. The maximum absolute atomic E-state index is 14.2. The number of hydrogen-bond donors (Lipinski definition) is 0. The number of nitrogens with zero attached hydrogens (tertiary/aromatic N) is 3. The van der Waals surface area contributed by atoms with Gasteiger partial charge in [-0.05, 0) is 44.2 Å². The molecule has 0 radical (unpaired) electrons. The molecule has 0 fully saturated rings. The molecule has 0 aliphatic carbocycles. The highest BCUT2D eigenvalue weighted by atomic mass is 19.1. The van der Waals surface area contributed by atoms with E-state index in [-0.39, 0.29) is 18.1 Å². The van der Waals surface area contributed by atoms with Crippen molar-refractivity contribution >= 4 is 16.8 Å². The summed E-state index contributed by atoms with van der Waals surface area (Å²) in [6.45, 7) is 3.92. The van der Waals surface area contributed by atoms with Crippen LogP contribution in [0.5, 0.6) is 0 Å². The lowest BCUT2D eigenvalue weighted by Crippen LogP contribution is -2.11. The second-order valence-corrected chi connectivity index (χ2v) is 6.36. The Morgan fingerprint density at radius 3 is 2.62 bits per heavy atom. The van der Waals surface area contributed by atoms with Gasteiger partial charge in [0.1, 0.15) is 5.82 Å². The highest BCUT2D eigenvalue weighted by Crippen LogP contribution is 2.24. The van der Waals surface area contributed by atoms with Crippen LogP contribution in [0, 0.1) is 19.7 Å². The molecule has 0 aliphatic rings. The minimum absolute atomic E-state index is 0.0242. The van der Waals surface area contributed by atoms with E-state index in [1.807, 2.05) is 48.7 Å². The van der Waals surface area contributed by atoms with E-state index >= 15 is 0 Å². The second kappa shape index (κ2) is 6.26. The number of Topliss-reactive ketones (excluding diaryl/α,β-unsaturated/α-hetero) is 1.